The number of aryl methyl sites for hydroxylation is 1. The van der Waals surface area contributed by atoms with Crippen LogP contribution in [0.2, 0.25) is 0 Å². The molecule has 0 saturated carbocycles. The van der Waals surface area contributed by atoms with Gasteiger partial charge in [-0.3, -0.25) is 4.79 Å². The summed E-state index contributed by atoms with van der Waals surface area (Å²) in [7, 11) is 0. The maximum Gasteiger partial charge on any atom is 0.255 e. The molecule has 98 valence electrons. The SMILES string of the molecule is CSc1ccccc1NC(=O)c1ccc(Br)c(C)c1. The van der Waals surface area contributed by atoms with Gasteiger partial charge in [0.05, 0.1) is 5.69 Å². The zero-order valence-electron chi connectivity index (χ0n) is 10.7. The molecule has 4 heteroatoms. The zero-order chi connectivity index (χ0) is 13.8. The lowest BCUT2D eigenvalue weighted by Crippen LogP contribution is -2.12. The third-order valence-corrected chi connectivity index (χ3v) is 4.46. The van der Waals surface area contributed by atoms with Gasteiger partial charge in [0.2, 0.25) is 0 Å². The molecule has 0 aromatic heterocycles. The Kier molecular flexibility index (Phi) is 4.66. The van der Waals surface area contributed by atoms with Crippen molar-refractivity contribution in [1.82, 2.24) is 0 Å². The second kappa shape index (κ2) is 6.26. The number of nitrogens with one attached hydrogen (secondary N) is 1. The number of hydrogen-bond acceptors (Lipinski definition) is 2. The normalized spacial score (nSPS) is 10.3. The summed E-state index contributed by atoms with van der Waals surface area (Å²) in [6.45, 7) is 1.97. The maximum atomic E-state index is 12.2. The van der Waals surface area contributed by atoms with E-state index in [4.69, 9.17) is 0 Å². The fourth-order valence-corrected chi connectivity index (χ4v) is 2.53. The Morgan fingerprint density at radius 1 is 1.21 bits per heavy atom. The molecule has 19 heavy (non-hydrogen) atoms. The number of para-hydroxylation sites is 1. The third kappa shape index (κ3) is 3.39. The molecule has 0 atom stereocenters. The van der Waals surface area contributed by atoms with Crippen LogP contribution in [0.4, 0.5) is 5.69 Å². The van der Waals surface area contributed by atoms with Crippen molar-refractivity contribution in [3.63, 3.8) is 0 Å². The van der Waals surface area contributed by atoms with Crippen molar-refractivity contribution in [2.45, 2.75) is 11.8 Å². The van der Waals surface area contributed by atoms with E-state index in [2.05, 4.69) is 21.2 Å². The first-order valence-electron chi connectivity index (χ1n) is 5.82. The molecule has 2 nitrogen and oxygen atoms in total. The number of benzene rings is 2. The minimum atomic E-state index is -0.0860. The monoisotopic (exact) mass is 335 g/mol. The number of anilines is 1. The molecule has 0 aliphatic heterocycles. The molecular weight excluding hydrogens is 322 g/mol. The molecule has 0 aliphatic rings. The molecule has 2 aromatic carbocycles. The van der Waals surface area contributed by atoms with Crippen molar-refractivity contribution in [3.8, 4) is 0 Å². The smallest absolute Gasteiger partial charge is 0.255 e. The van der Waals surface area contributed by atoms with E-state index in [0.29, 0.717) is 5.56 Å². The maximum absolute atomic E-state index is 12.2. The number of thioether (sulfide) groups is 1. The fraction of sp³-hybridized carbons (Fsp3) is 0.133. The highest BCUT2D eigenvalue weighted by Gasteiger charge is 2.09. The van der Waals surface area contributed by atoms with Crippen molar-refractivity contribution < 1.29 is 4.79 Å². The van der Waals surface area contributed by atoms with Crippen molar-refractivity contribution in [2.75, 3.05) is 11.6 Å². The standard InChI is InChI=1S/C15H14BrNOS/c1-10-9-11(7-8-12(10)16)15(18)17-13-5-3-4-6-14(13)19-2/h3-9H,1-2H3,(H,17,18). The fourth-order valence-electron chi connectivity index (χ4n) is 1.73. The molecule has 0 saturated heterocycles. The van der Waals surface area contributed by atoms with Crippen LogP contribution in [0.5, 0.6) is 0 Å². The van der Waals surface area contributed by atoms with Crippen LogP contribution >= 0.6 is 27.7 Å². The van der Waals surface area contributed by atoms with Crippen molar-refractivity contribution in [1.29, 1.82) is 0 Å². The van der Waals surface area contributed by atoms with E-state index in [1.165, 1.54) is 0 Å². The van der Waals surface area contributed by atoms with Gasteiger partial charge < -0.3 is 5.32 Å². The number of halogens is 1. The van der Waals surface area contributed by atoms with E-state index in [9.17, 15) is 4.79 Å². The number of amides is 1. The van der Waals surface area contributed by atoms with Gasteiger partial charge in [0.15, 0.2) is 0 Å². The van der Waals surface area contributed by atoms with Crippen molar-refractivity contribution in [2.24, 2.45) is 0 Å². The molecule has 2 rings (SSSR count). The average Bonchev–Trinajstić information content (AvgIpc) is 2.42. The van der Waals surface area contributed by atoms with Crippen LogP contribution in [0.25, 0.3) is 0 Å². The molecule has 0 fully saturated rings. The van der Waals surface area contributed by atoms with Crippen molar-refractivity contribution in [3.05, 3.63) is 58.1 Å². The van der Waals surface area contributed by atoms with Gasteiger partial charge in [-0.05, 0) is 49.1 Å². The Hall–Kier alpha value is -1.26. The van der Waals surface area contributed by atoms with Gasteiger partial charge in [-0.15, -0.1) is 11.8 Å². The van der Waals surface area contributed by atoms with Crippen LogP contribution in [0.15, 0.2) is 51.8 Å². The number of rotatable bonds is 3. The molecule has 0 radical (unpaired) electrons. The van der Waals surface area contributed by atoms with E-state index in [0.717, 1.165) is 20.6 Å². The predicted octanol–water partition coefficient (Wildman–Crippen LogP) is 4.73. The summed E-state index contributed by atoms with van der Waals surface area (Å²) in [5, 5.41) is 2.95. The second-order valence-electron chi connectivity index (χ2n) is 4.12. The first-order chi connectivity index (χ1) is 9.11. The van der Waals surface area contributed by atoms with E-state index < -0.39 is 0 Å². The van der Waals surface area contributed by atoms with E-state index in [1.54, 1.807) is 11.8 Å². The summed E-state index contributed by atoms with van der Waals surface area (Å²) in [5.74, 6) is -0.0860. The van der Waals surface area contributed by atoms with Crippen LogP contribution in [0.1, 0.15) is 15.9 Å². The molecule has 2 aromatic rings. The largest absolute Gasteiger partial charge is 0.321 e. The second-order valence-corrected chi connectivity index (χ2v) is 5.82. The summed E-state index contributed by atoms with van der Waals surface area (Å²) < 4.78 is 1.01. The molecule has 1 amide bonds. The summed E-state index contributed by atoms with van der Waals surface area (Å²) in [4.78, 5) is 13.3. The Morgan fingerprint density at radius 3 is 2.63 bits per heavy atom. The van der Waals surface area contributed by atoms with E-state index in [1.807, 2.05) is 55.6 Å². The molecule has 1 N–H and O–H groups in total. The number of carbonyl (C=O) groups is 1. The molecular formula is C15H14BrNOS. The average molecular weight is 336 g/mol. The number of carbonyl (C=O) groups excluding carboxylic acids is 1. The highest BCUT2D eigenvalue weighted by atomic mass is 79.9. The molecule has 0 aliphatic carbocycles. The van der Waals surface area contributed by atoms with Crippen LogP contribution in [0, 0.1) is 6.92 Å². The predicted molar refractivity (Wildman–Crippen MR) is 85.1 cm³/mol. The van der Waals surface area contributed by atoms with E-state index >= 15 is 0 Å². The lowest BCUT2D eigenvalue weighted by Gasteiger charge is -2.10. The van der Waals surface area contributed by atoms with Gasteiger partial charge in [0.1, 0.15) is 0 Å². The third-order valence-electron chi connectivity index (χ3n) is 2.78. The van der Waals surface area contributed by atoms with Crippen LogP contribution in [-0.2, 0) is 0 Å². The highest BCUT2D eigenvalue weighted by Crippen LogP contribution is 2.25. The summed E-state index contributed by atoms with van der Waals surface area (Å²) in [5.41, 5.74) is 2.56. The minimum Gasteiger partial charge on any atom is -0.321 e. The number of hydrogen-bond donors (Lipinski definition) is 1. The molecule has 0 spiro atoms. The topological polar surface area (TPSA) is 29.1 Å². The summed E-state index contributed by atoms with van der Waals surface area (Å²) >= 11 is 5.05. The molecule has 0 unspecified atom stereocenters. The molecule has 0 heterocycles. The van der Waals surface area contributed by atoms with Gasteiger partial charge in [-0.2, -0.15) is 0 Å². The Morgan fingerprint density at radius 2 is 1.95 bits per heavy atom. The minimum absolute atomic E-state index is 0.0860. The summed E-state index contributed by atoms with van der Waals surface area (Å²) in [6, 6.07) is 13.4. The lowest BCUT2D eigenvalue weighted by atomic mass is 10.1. The first kappa shape index (κ1) is 14.2. The highest BCUT2D eigenvalue weighted by molar-refractivity contribution is 9.10. The quantitative estimate of drug-likeness (QED) is 0.821. The van der Waals surface area contributed by atoms with Crippen molar-refractivity contribution >= 4 is 39.3 Å². The summed E-state index contributed by atoms with van der Waals surface area (Å²) in [6.07, 6.45) is 1.99. The van der Waals surface area contributed by atoms with Crippen LogP contribution in [-0.4, -0.2) is 12.2 Å². The Balaban J connectivity index is 2.23. The first-order valence-corrected chi connectivity index (χ1v) is 7.84. The molecule has 0 bridgehead atoms. The van der Waals surface area contributed by atoms with Crippen LogP contribution < -0.4 is 5.32 Å². The van der Waals surface area contributed by atoms with Crippen LogP contribution in [0.3, 0.4) is 0 Å². The Bertz CT molecular complexity index is 613. The zero-order valence-corrected chi connectivity index (χ0v) is 13.1. The van der Waals surface area contributed by atoms with Gasteiger partial charge in [-0.25, -0.2) is 0 Å². The van der Waals surface area contributed by atoms with Gasteiger partial charge in [0.25, 0.3) is 5.91 Å². The van der Waals surface area contributed by atoms with Gasteiger partial charge in [-0.1, -0.05) is 28.1 Å². The van der Waals surface area contributed by atoms with Gasteiger partial charge >= 0.3 is 0 Å². The Labute approximate surface area is 125 Å². The van der Waals surface area contributed by atoms with Gasteiger partial charge in [0, 0.05) is 14.9 Å². The van der Waals surface area contributed by atoms with E-state index in [-0.39, 0.29) is 5.91 Å². The lowest BCUT2D eigenvalue weighted by molar-refractivity contribution is 0.102.